The number of benzene rings is 2. The Labute approximate surface area is 137 Å². The van der Waals surface area contributed by atoms with Crippen LogP contribution in [-0.2, 0) is 4.79 Å². The number of rotatable bonds is 8. The van der Waals surface area contributed by atoms with Gasteiger partial charge in [0.15, 0.2) is 6.10 Å². The minimum Gasteiger partial charge on any atom is -0.491 e. The highest BCUT2D eigenvalue weighted by atomic mass is 16.5. The summed E-state index contributed by atoms with van der Waals surface area (Å²) in [5, 5.41) is 2.87. The zero-order valence-electron chi connectivity index (χ0n) is 13.6. The van der Waals surface area contributed by atoms with E-state index in [-0.39, 0.29) is 5.91 Å². The minimum absolute atomic E-state index is 0.208. The lowest BCUT2D eigenvalue weighted by molar-refractivity contribution is -0.122. The van der Waals surface area contributed by atoms with Crippen molar-refractivity contribution in [2.75, 3.05) is 11.9 Å². The minimum atomic E-state index is -0.596. The van der Waals surface area contributed by atoms with Gasteiger partial charge in [-0.25, -0.2) is 0 Å². The summed E-state index contributed by atoms with van der Waals surface area (Å²) in [7, 11) is 0. The molecular weight excluding hydrogens is 290 g/mol. The van der Waals surface area contributed by atoms with Crippen LogP contribution in [-0.4, -0.2) is 18.6 Å². The van der Waals surface area contributed by atoms with Gasteiger partial charge < -0.3 is 14.8 Å². The number of hydrogen-bond donors (Lipinski definition) is 1. The molecule has 0 aliphatic rings. The van der Waals surface area contributed by atoms with Gasteiger partial charge in [-0.05, 0) is 37.6 Å². The van der Waals surface area contributed by atoms with E-state index in [1.54, 1.807) is 6.92 Å². The van der Waals surface area contributed by atoms with Crippen LogP contribution >= 0.6 is 0 Å². The number of para-hydroxylation sites is 3. The number of amides is 1. The van der Waals surface area contributed by atoms with Crippen LogP contribution < -0.4 is 14.8 Å². The zero-order valence-corrected chi connectivity index (χ0v) is 13.6. The Kier molecular flexibility index (Phi) is 6.48. The smallest absolute Gasteiger partial charge is 0.265 e. The Morgan fingerprint density at radius 1 is 1.09 bits per heavy atom. The molecule has 1 amide bonds. The first-order chi connectivity index (χ1) is 11.2. The van der Waals surface area contributed by atoms with Crippen LogP contribution in [0.4, 0.5) is 5.69 Å². The average Bonchev–Trinajstić information content (AvgIpc) is 2.57. The van der Waals surface area contributed by atoms with Gasteiger partial charge in [0.1, 0.15) is 11.5 Å². The molecular formula is C19H23NO3. The lowest BCUT2D eigenvalue weighted by Crippen LogP contribution is -2.30. The molecule has 2 aromatic carbocycles. The third kappa shape index (κ3) is 5.33. The molecule has 2 rings (SSSR count). The average molecular weight is 313 g/mol. The van der Waals surface area contributed by atoms with Crippen LogP contribution in [0.2, 0.25) is 0 Å². The van der Waals surface area contributed by atoms with Crippen molar-refractivity contribution in [1.82, 2.24) is 0 Å². The van der Waals surface area contributed by atoms with E-state index in [0.717, 1.165) is 12.8 Å². The van der Waals surface area contributed by atoms with Crippen molar-refractivity contribution in [2.45, 2.75) is 32.8 Å². The quantitative estimate of drug-likeness (QED) is 0.740. The number of anilines is 1. The molecule has 0 radical (unpaired) electrons. The number of hydrogen-bond acceptors (Lipinski definition) is 3. The van der Waals surface area contributed by atoms with E-state index in [1.165, 1.54) is 0 Å². The van der Waals surface area contributed by atoms with E-state index in [4.69, 9.17) is 9.47 Å². The predicted octanol–water partition coefficient (Wildman–Crippen LogP) is 4.27. The van der Waals surface area contributed by atoms with E-state index in [0.29, 0.717) is 23.8 Å². The molecule has 0 heterocycles. The Bertz CT molecular complexity index is 613. The van der Waals surface area contributed by atoms with Crippen molar-refractivity contribution in [3.63, 3.8) is 0 Å². The van der Waals surface area contributed by atoms with Crippen molar-refractivity contribution < 1.29 is 14.3 Å². The fraction of sp³-hybridized carbons (Fsp3) is 0.316. The summed E-state index contributed by atoms with van der Waals surface area (Å²) >= 11 is 0. The van der Waals surface area contributed by atoms with E-state index < -0.39 is 6.10 Å². The number of nitrogens with one attached hydrogen (secondary N) is 1. The molecule has 4 nitrogen and oxygen atoms in total. The highest BCUT2D eigenvalue weighted by Gasteiger charge is 2.16. The molecule has 0 saturated carbocycles. The first kappa shape index (κ1) is 16.9. The monoisotopic (exact) mass is 313 g/mol. The van der Waals surface area contributed by atoms with Crippen LogP contribution in [0.1, 0.15) is 26.7 Å². The molecule has 122 valence electrons. The van der Waals surface area contributed by atoms with Gasteiger partial charge in [-0.1, -0.05) is 43.7 Å². The SMILES string of the molecule is CCCCOc1ccccc1NC(=O)C(C)Oc1ccccc1. The third-order valence-electron chi connectivity index (χ3n) is 3.33. The van der Waals surface area contributed by atoms with E-state index >= 15 is 0 Å². The Morgan fingerprint density at radius 2 is 1.78 bits per heavy atom. The number of unbranched alkanes of at least 4 members (excludes halogenated alkanes) is 1. The highest BCUT2D eigenvalue weighted by molar-refractivity contribution is 5.95. The molecule has 0 bridgehead atoms. The zero-order chi connectivity index (χ0) is 16.5. The predicted molar refractivity (Wildman–Crippen MR) is 92.0 cm³/mol. The van der Waals surface area contributed by atoms with E-state index in [9.17, 15) is 4.79 Å². The van der Waals surface area contributed by atoms with E-state index in [2.05, 4.69) is 12.2 Å². The molecule has 0 aromatic heterocycles. The molecule has 0 aliphatic heterocycles. The summed E-state index contributed by atoms with van der Waals surface area (Å²) in [5.41, 5.74) is 0.664. The molecule has 1 atom stereocenters. The summed E-state index contributed by atoms with van der Waals surface area (Å²) in [4.78, 5) is 12.3. The maximum absolute atomic E-state index is 12.3. The van der Waals surface area contributed by atoms with Crippen LogP contribution in [0.3, 0.4) is 0 Å². The Morgan fingerprint density at radius 3 is 2.52 bits per heavy atom. The summed E-state index contributed by atoms with van der Waals surface area (Å²) in [6.45, 7) is 4.47. The van der Waals surface area contributed by atoms with Crippen molar-refractivity contribution in [1.29, 1.82) is 0 Å². The summed E-state index contributed by atoms with van der Waals surface area (Å²) < 4.78 is 11.4. The maximum atomic E-state index is 12.3. The lowest BCUT2D eigenvalue weighted by Gasteiger charge is -2.16. The Hall–Kier alpha value is -2.49. The van der Waals surface area contributed by atoms with Gasteiger partial charge >= 0.3 is 0 Å². The topological polar surface area (TPSA) is 47.6 Å². The second-order valence-electron chi connectivity index (χ2n) is 5.26. The summed E-state index contributed by atoms with van der Waals surface area (Å²) in [5.74, 6) is 1.14. The number of carbonyl (C=O) groups is 1. The van der Waals surface area contributed by atoms with Gasteiger partial charge in [0.05, 0.1) is 12.3 Å². The van der Waals surface area contributed by atoms with Crippen molar-refractivity contribution in [3.8, 4) is 11.5 Å². The number of ether oxygens (including phenoxy) is 2. The van der Waals surface area contributed by atoms with Crippen LogP contribution in [0, 0.1) is 0 Å². The van der Waals surface area contributed by atoms with Gasteiger partial charge in [-0.3, -0.25) is 4.79 Å². The number of carbonyl (C=O) groups excluding carboxylic acids is 1. The molecule has 0 fully saturated rings. The molecule has 2 aromatic rings. The van der Waals surface area contributed by atoms with Crippen molar-refractivity contribution in [3.05, 3.63) is 54.6 Å². The largest absolute Gasteiger partial charge is 0.491 e. The van der Waals surface area contributed by atoms with Crippen LogP contribution in [0.25, 0.3) is 0 Å². The van der Waals surface area contributed by atoms with Crippen LogP contribution in [0.15, 0.2) is 54.6 Å². The second kappa shape index (κ2) is 8.83. The molecule has 23 heavy (non-hydrogen) atoms. The fourth-order valence-electron chi connectivity index (χ4n) is 2.01. The lowest BCUT2D eigenvalue weighted by atomic mass is 10.2. The standard InChI is InChI=1S/C19H23NO3/c1-3-4-14-22-18-13-9-8-12-17(18)20-19(21)15(2)23-16-10-6-5-7-11-16/h5-13,15H,3-4,14H2,1-2H3,(H,20,21). The molecule has 4 heteroatoms. The molecule has 0 spiro atoms. The Balaban J connectivity index is 1.96. The van der Waals surface area contributed by atoms with Crippen molar-refractivity contribution >= 4 is 11.6 Å². The van der Waals surface area contributed by atoms with E-state index in [1.807, 2.05) is 54.6 Å². The first-order valence-electron chi connectivity index (χ1n) is 7.95. The molecule has 0 saturated heterocycles. The fourth-order valence-corrected chi connectivity index (χ4v) is 2.01. The second-order valence-corrected chi connectivity index (χ2v) is 5.26. The van der Waals surface area contributed by atoms with Crippen molar-refractivity contribution in [2.24, 2.45) is 0 Å². The van der Waals surface area contributed by atoms with Gasteiger partial charge in [0.25, 0.3) is 5.91 Å². The van der Waals surface area contributed by atoms with Gasteiger partial charge in [-0.2, -0.15) is 0 Å². The van der Waals surface area contributed by atoms with Gasteiger partial charge in [-0.15, -0.1) is 0 Å². The third-order valence-corrected chi connectivity index (χ3v) is 3.33. The van der Waals surface area contributed by atoms with Crippen LogP contribution in [0.5, 0.6) is 11.5 Å². The highest BCUT2D eigenvalue weighted by Crippen LogP contribution is 2.24. The summed E-state index contributed by atoms with van der Waals surface area (Å²) in [6.07, 6.45) is 1.45. The van der Waals surface area contributed by atoms with Gasteiger partial charge in [0.2, 0.25) is 0 Å². The normalized spacial score (nSPS) is 11.6. The molecule has 1 unspecified atom stereocenters. The summed E-state index contributed by atoms with van der Waals surface area (Å²) in [6, 6.07) is 16.7. The molecule has 1 N–H and O–H groups in total. The first-order valence-corrected chi connectivity index (χ1v) is 7.95. The molecule has 0 aliphatic carbocycles. The van der Waals surface area contributed by atoms with Gasteiger partial charge in [0, 0.05) is 0 Å². The maximum Gasteiger partial charge on any atom is 0.265 e.